The van der Waals surface area contributed by atoms with Gasteiger partial charge in [0.05, 0.1) is 11.3 Å². The van der Waals surface area contributed by atoms with Crippen molar-refractivity contribution in [1.82, 2.24) is 14.8 Å². The molecule has 0 aromatic carbocycles. The summed E-state index contributed by atoms with van der Waals surface area (Å²) in [6.45, 7) is 5.75. The summed E-state index contributed by atoms with van der Waals surface area (Å²) in [5.41, 5.74) is 0.571. The van der Waals surface area contributed by atoms with E-state index in [1.54, 1.807) is 0 Å². The van der Waals surface area contributed by atoms with Crippen LogP contribution in [0.3, 0.4) is 0 Å². The van der Waals surface area contributed by atoms with Gasteiger partial charge in [-0.1, -0.05) is 12.5 Å². The molecule has 0 bridgehead atoms. The Bertz CT molecular complexity index is 419. The third-order valence-electron chi connectivity index (χ3n) is 4.49. The van der Waals surface area contributed by atoms with Crippen LogP contribution < -0.4 is 0 Å². The van der Waals surface area contributed by atoms with E-state index < -0.39 is 5.60 Å². The number of likely N-dealkylation sites (tertiary alicyclic amines) is 2. The van der Waals surface area contributed by atoms with Crippen molar-refractivity contribution in [2.24, 2.45) is 0 Å². The zero-order chi connectivity index (χ0) is 13.8. The molecular formula is C16H25N3O. The molecule has 1 atom stereocenters. The van der Waals surface area contributed by atoms with Gasteiger partial charge in [0.25, 0.3) is 0 Å². The second-order valence-corrected chi connectivity index (χ2v) is 6.34. The van der Waals surface area contributed by atoms with Gasteiger partial charge in [-0.2, -0.15) is 0 Å². The monoisotopic (exact) mass is 275 g/mol. The predicted molar refractivity (Wildman–Crippen MR) is 79.4 cm³/mol. The highest BCUT2D eigenvalue weighted by Gasteiger charge is 2.37. The van der Waals surface area contributed by atoms with Crippen LogP contribution in [0, 0.1) is 0 Å². The van der Waals surface area contributed by atoms with Gasteiger partial charge in [-0.15, -0.1) is 0 Å². The van der Waals surface area contributed by atoms with E-state index in [1.165, 1.54) is 19.3 Å². The summed E-state index contributed by atoms with van der Waals surface area (Å²) >= 11 is 0. The molecule has 4 heteroatoms. The number of hydrogen-bond acceptors (Lipinski definition) is 4. The van der Waals surface area contributed by atoms with E-state index in [9.17, 15) is 5.11 Å². The largest absolute Gasteiger partial charge is 0.387 e. The molecule has 0 spiro atoms. The summed E-state index contributed by atoms with van der Waals surface area (Å²) < 4.78 is 0. The highest BCUT2D eigenvalue weighted by Crippen LogP contribution is 2.25. The van der Waals surface area contributed by atoms with E-state index in [4.69, 9.17) is 0 Å². The van der Waals surface area contributed by atoms with Crippen LogP contribution in [-0.2, 0) is 6.54 Å². The molecule has 2 fully saturated rings. The van der Waals surface area contributed by atoms with E-state index in [0.29, 0.717) is 0 Å². The first kappa shape index (κ1) is 14.0. The van der Waals surface area contributed by atoms with Crippen LogP contribution >= 0.6 is 0 Å². The molecule has 3 rings (SSSR count). The van der Waals surface area contributed by atoms with Crippen molar-refractivity contribution >= 4 is 0 Å². The van der Waals surface area contributed by atoms with Crippen molar-refractivity contribution in [3.8, 4) is 0 Å². The Balaban J connectivity index is 1.52. The minimum absolute atomic E-state index is 0.522. The number of pyridine rings is 1. The number of hydrogen-bond donors (Lipinski definition) is 1. The van der Waals surface area contributed by atoms with Gasteiger partial charge in [-0.3, -0.25) is 9.88 Å². The van der Waals surface area contributed by atoms with Gasteiger partial charge in [0.15, 0.2) is 0 Å². The zero-order valence-electron chi connectivity index (χ0n) is 12.2. The van der Waals surface area contributed by atoms with Gasteiger partial charge in [0, 0.05) is 32.4 Å². The number of aromatic nitrogens is 1. The molecule has 3 heterocycles. The molecule has 1 aromatic heterocycles. The van der Waals surface area contributed by atoms with Crippen LogP contribution in [0.15, 0.2) is 24.4 Å². The quantitative estimate of drug-likeness (QED) is 0.904. The standard InChI is InChI=1S/C16H25N3O/c20-16(13-18-9-4-1-5-10-18)7-11-19(14-16)12-15-6-2-3-8-17-15/h2-3,6,8,20H,1,4-5,7,9-14H2/t16-/m1/s1. The maximum Gasteiger partial charge on any atom is 0.0912 e. The highest BCUT2D eigenvalue weighted by atomic mass is 16.3. The molecule has 0 radical (unpaired) electrons. The molecule has 0 saturated carbocycles. The fraction of sp³-hybridized carbons (Fsp3) is 0.688. The van der Waals surface area contributed by atoms with Crippen molar-refractivity contribution < 1.29 is 5.11 Å². The Labute approximate surface area is 121 Å². The fourth-order valence-corrected chi connectivity index (χ4v) is 3.46. The molecule has 2 saturated heterocycles. The third-order valence-corrected chi connectivity index (χ3v) is 4.49. The zero-order valence-corrected chi connectivity index (χ0v) is 12.2. The Morgan fingerprint density at radius 3 is 2.70 bits per heavy atom. The molecule has 20 heavy (non-hydrogen) atoms. The van der Waals surface area contributed by atoms with Crippen LogP contribution in [0.5, 0.6) is 0 Å². The topological polar surface area (TPSA) is 39.6 Å². The lowest BCUT2D eigenvalue weighted by Gasteiger charge is -2.33. The summed E-state index contributed by atoms with van der Waals surface area (Å²) in [4.78, 5) is 9.14. The van der Waals surface area contributed by atoms with Crippen molar-refractivity contribution in [3.05, 3.63) is 30.1 Å². The Morgan fingerprint density at radius 1 is 1.10 bits per heavy atom. The smallest absolute Gasteiger partial charge is 0.0912 e. The van der Waals surface area contributed by atoms with Crippen LogP contribution in [0.25, 0.3) is 0 Å². The third kappa shape index (κ3) is 3.57. The van der Waals surface area contributed by atoms with E-state index in [-0.39, 0.29) is 0 Å². The van der Waals surface area contributed by atoms with Gasteiger partial charge >= 0.3 is 0 Å². The average molecular weight is 275 g/mol. The maximum atomic E-state index is 10.8. The van der Waals surface area contributed by atoms with Crippen LogP contribution in [0.1, 0.15) is 31.4 Å². The first-order valence-corrected chi connectivity index (χ1v) is 7.81. The van der Waals surface area contributed by atoms with Gasteiger partial charge < -0.3 is 10.0 Å². The number of piperidine rings is 1. The Kier molecular flexibility index (Phi) is 4.34. The van der Waals surface area contributed by atoms with Gasteiger partial charge in [-0.05, 0) is 44.5 Å². The predicted octanol–water partition coefficient (Wildman–Crippen LogP) is 1.50. The van der Waals surface area contributed by atoms with E-state index in [1.807, 2.05) is 18.3 Å². The number of nitrogens with zero attached hydrogens (tertiary/aromatic N) is 3. The first-order valence-electron chi connectivity index (χ1n) is 7.81. The van der Waals surface area contributed by atoms with Gasteiger partial charge in [0.1, 0.15) is 0 Å². The minimum Gasteiger partial charge on any atom is -0.387 e. The maximum absolute atomic E-state index is 10.8. The van der Waals surface area contributed by atoms with E-state index in [0.717, 1.165) is 51.4 Å². The molecule has 110 valence electrons. The summed E-state index contributed by atoms with van der Waals surface area (Å²) in [6.07, 6.45) is 6.64. The number of aliphatic hydroxyl groups is 1. The molecular weight excluding hydrogens is 250 g/mol. The van der Waals surface area contributed by atoms with Crippen LogP contribution in [-0.4, -0.2) is 58.2 Å². The molecule has 2 aliphatic rings. The fourth-order valence-electron chi connectivity index (χ4n) is 3.46. The number of β-amino-alcohol motifs (C(OH)–C–C–N with tert-alkyl or cyclic N) is 1. The molecule has 0 aliphatic carbocycles. The summed E-state index contributed by atoms with van der Waals surface area (Å²) in [7, 11) is 0. The van der Waals surface area contributed by atoms with Crippen LogP contribution in [0.2, 0.25) is 0 Å². The minimum atomic E-state index is -0.522. The lowest BCUT2D eigenvalue weighted by atomic mass is 10.0. The lowest BCUT2D eigenvalue weighted by Crippen LogP contribution is -2.46. The second-order valence-electron chi connectivity index (χ2n) is 6.34. The van der Waals surface area contributed by atoms with E-state index >= 15 is 0 Å². The molecule has 1 N–H and O–H groups in total. The lowest BCUT2D eigenvalue weighted by molar-refractivity contribution is 0.00627. The summed E-state index contributed by atoms with van der Waals surface area (Å²) in [6, 6.07) is 6.03. The second kappa shape index (κ2) is 6.20. The molecule has 0 amide bonds. The Morgan fingerprint density at radius 2 is 1.95 bits per heavy atom. The molecule has 1 aromatic rings. The van der Waals surface area contributed by atoms with Crippen molar-refractivity contribution in [2.75, 3.05) is 32.7 Å². The molecule has 2 aliphatic heterocycles. The van der Waals surface area contributed by atoms with Gasteiger partial charge in [0.2, 0.25) is 0 Å². The van der Waals surface area contributed by atoms with Crippen molar-refractivity contribution in [2.45, 2.75) is 37.8 Å². The molecule has 4 nitrogen and oxygen atoms in total. The van der Waals surface area contributed by atoms with Gasteiger partial charge in [-0.25, -0.2) is 0 Å². The highest BCUT2D eigenvalue weighted by molar-refractivity contribution is 5.04. The SMILES string of the molecule is O[C@@]1(CN2CCCCC2)CCN(Cc2ccccn2)C1. The first-order chi connectivity index (χ1) is 9.73. The van der Waals surface area contributed by atoms with E-state index in [2.05, 4.69) is 20.9 Å². The normalized spacial score (nSPS) is 28.9. The summed E-state index contributed by atoms with van der Waals surface area (Å²) in [5.74, 6) is 0. The van der Waals surface area contributed by atoms with Crippen molar-refractivity contribution in [1.29, 1.82) is 0 Å². The Hall–Kier alpha value is -0.970. The average Bonchev–Trinajstić information content (AvgIpc) is 2.82. The molecule has 0 unspecified atom stereocenters. The van der Waals surface area contributed by atoms with Crippen molar-refractivity contribution in [3.63, 3.8) is 0 Å². The number of rotatable bonds is 4. The van der Waals surface area contributed by atoms with Crippen LogP contribution in [0.4, 0.5) is 0 Å². The summed E-state index contributed by atoms with van der Waals surface area (Å²) in [5, 5.41) is 10.8.